The maximum atomic E-state index is 12.5. The number of carbonyl (C=O) groups is 1. The zero-order valence-electron chi connectivity index (χ0n) is 14.7. The van der Waals surface area contributed by atoms with E-state index in [1.807, 2.05) is 13.0 Å². The molecule has 2 N–H and O–H groups in total. The fraction of sp³-hybridized carbons (Fsp3) is 0.412. The molecule has 26 heavy (non-hydrogen) atoms. The van der Waals surface area contributed by atoms with E-state index >= 15 is 0 Å². The van der Waals surface area contributed by atoms with Gasteiger partial charge in [-0.3, -0.25) is 9.48 Å². The molecule has 0 radical (unpaired) electrons. The predicted octanol–water partition coefficient (Wildman–Crippen LogP) is 0.726. The lowest BCUT2D eigenvalue weighted by molar-refractivity contribution is 0.0950. The highest BCUT2D eigenvalue weighted by Gasteiger charge is 2.24. The van der Waals surface area contributed by atoms with Gasteiger partial charge in [-0.25, -0.2) is 13.1 Å². The van der Waals surface area contributed by atoms with Gasteiger partial charge in [-0.1, -0.05) is 6.07 Å². The van der Waals surface area contributed by atoms with Crippen LogP contribution in [0.25, 0.3) is 0 Å². The molecule has 1 fully saturated rings. The number of ether oxygens (including phenoxy) is 1. The molecule has 8 nitrogen and oxygen atoms in total. The molecule has 0 bridgehead atoms. The van der Waals surface area contributed by atoms with Crippen LogP contribution in [-0.4, -0.2) is 43.4 Å². The topological polar surface area (TPSA) is 102 Å². The van der Waals surface area contributed by atoms with Crippen molar-refractivity contribution < 1.29 is 17.9 Å². The molecule has 140 valence electrons. The van der Waals surface area contributed by atoms with E-state index in [2.05, 4.69) is 15.1 Å². The lowest BCUT2D eigenvalue weighted by atomic mass is 10.2. The van der Waals surface area contributed by atoms with E-state index in [0.29, 0.717) is 26.2 Å². The van der Waals surface area contributed by atoms with Gasteiger partial charge in [0.25, 0.3) is 5.91 Å². The third-order valence-corrected chi connectivity index (χ3v) is 5.71. The largest absolute Gasteiger partial charge is 0.380 e. The number of hydrogen-bond donors (Lipinski definition) is 2. The Hall–Kier alpha value is -2.23. The third-order valence-electron chi connectivity index (χ3n) is 4.19. The lowest BCUT2D eigenvalue weighted by Crippen LogP contribution is -2.35. The average Bonchev–Trinajstić information content (AvgIpc) is 3.21. The van der Waals surface area contributed by atoms with Crippen LogP contribution >= 0.6 is 0 Å². The Morgan fingerprint density at radius 2 is 2.19 bits per heavy atom. The summed E-state index contributed by atoms with van der Waals surface area (Å²) in [5.74, 6) is -0.342. The molecule has 1 aromatic heterocycles. The first kappa shape index (κ1) is 18.6. The summed E-state index contributed by atoms with van der Waals surface area (Å²) in [7, 11) is -1.89. The number of hydrogen-bond acceptors (Lipinski definition) is 5. The maximum Gasteiger partial charge on any atom is 0.251 e. The van der Waals surface area contributed by atoms with Gasteiger partial charge in [0.15, 0.2) is 0 Å². The van der Waals surface area contributed by atoms with Gasteiger partial charge in [0, 0.05) is 25.3 Å². The van der Waals surface area contributed by atoms with E-state index in [4.69, 9.17) is 4.74 Å². The Balaban J connectivity index is 1.69. The van der Waals surface area contributed by atoms with Crippen LogP contribution in [-0.2, 0) is 28.4 Å². The number of aryl methyl sites for hydroxylation is 2. The van der Waals surface area contributed by atoms with Gasteiger partial charge in [-0.05, 0) is 37.6 Å². The van der Waals surface area contributed by atoms with E-state index in [1.54, 1.807) is 23.9 Å². The SMILES string of the molecule is Cc1cc(CNC(=O)c2cccc(S(=O)(=O)N[C@H]3CCOC3)c2)n(C)n1. The van der Waals surface area contributed by atoms with Crippen molar-refractivity contribution in [1.29, 1.82) is 0 Å². The highest BCUT2D eigenvalue weighted by atomic mass is 32.2. The van der Waals surface area contributed by atoms with E-state index in [9.17, 15) is 13.2 Å². The van der Waals surface area contributed by atoms with E-state index in [1.165, 1.54) is 12.1 Å². The molecular formula is C17H22N4O4S. The van der Waals surface area contributed by atoms with Crippen LogP contribution in [0.4, 0.5) is 0 Å². The van der Waals surface area contributed by atoms with E-state index in [0.717, 1.165) is 11.4 Å². The molecular weight excluding hydrogens is 356 g/mol. The van der Waals surface area contributed by atoms with Gasteiger partial charge in [0.1, 0.15) is 0 Å². The first-order valence-corrected chi connectivity index (χ1v) is 9.81. The number of rotatable bonds is 6. The fourth-order valence-corrected chi connectivity index (χ4v) is 4.12. The van der Waals surface area contributed by atoms with Gasteiger partial charge in [0.05, 0.1) is 29.4 Å². The molecule has 0 spiro atoms. The van der Waals surface area contributed by atoms with Gasteiger partial charge < -0.3 is 10.1 Å². The van der Waals surface area contributed by atoms with Crippen LogP contribution in [0.3, 0.4) is 0 Å². The summed E-state index contributed by atoms with van der Waals surface area (Å²) >= 11 is 0. The Bertz CT molecular complexity index is 901. The predicted molar refractivity (Wildman–Crippen MR) is 95.1 cm³/mol. The van der Waals surface area contributed by atoms with Crippen molar-refractivity contribution in [3.8, 4) is 0 Å². The van der Waals surface area contributed by atoms with Gasteiger partial charge in [0.2, 0.25) is 10.0 Å². The number of nitrogens with one attached hydrogen (secondary N) is 2. The van der Waals surface area contributed by atoms with E-state index in [-0.39, 0.29) is 22.4 Å². The van der Waals surface area contributed by atoms with Gasteiger partial charge in [-0.2, -0.15) is 5.10 Å². The second-order valence-electron chi connectivity index (χ2n) is 6.29. The number of nitrogens with zero attached hydrogens (tertiary/aromatic N) is 2. The summed E-state index contributed by atoms with van der Waals surface area (Å²) in [6.07, 6.45) is 0.642. The van der Waals surface area contributed by atoms with Crippen molar-refractivity contribution in [3.05, 3.63) is 47.3 Å². The van der Waals surface area contributed by atoms with Gasteiger partial charge in [-0.15, -0.1) is 0 Å². The normalized spacial score (nSPS) is 17.4. The molecule has 1 aliphatic heterocycles. The minimum absolute atomic E-state index is 0.0634. The number of aromatic nitrogens is 2. The smallest absolute Gasteiger partial charge is 0.251 e. The summed E-state index contributed by atoms with van der Waals surface area (Å²) < 4.78 is 34.5. The molecule has 3 rings (SSSR count). The zero-order chi connectivity index (χ0) is 18.7. The first-order chi connectivity index (χ1) is 12.3. The molecule has 1 aromatic carbocycles. The molecule has 0 saturated carbocycles. The number of sulfonamides is 1. The molecule has 0 unspecified atom stereocenters. The third kappa shape index (κ3) is 4.29. The molecule has 1 atom stereocenters. The Kier molecular flexibility index (Phi) is 5.40. The fourth-order valence-electron chi connectivity index (χ4n) is 2.82. The monoisotopic (exact) mass is 378 g/mol. The van der Waals surface area contributed by atoms with Crippen LogP contribution in [0.1, 0.15) is 28.2 Å². The van der Waals surface area contributed by atoms with Crippen molar-refractivity contribution >= 4 is 15.9 Å². The quantitative estimate of drug-likeness (QED) is 0.771. The molecule has 9 heteroatoms. The van der Waals surface area contributed by atoms with E-state index < -0.39 is 10.0 Å². The Morgan fingerprint density at radius 3 is 2.85 bits per heavy atom. The molecule has 0 aliphatic carbocycles. The van der Waals surface area contributed by atoms with Crippen molar-refractivity contribution in [1.82, 2.24) is 19.8 Å². The minimum Gasteiger partial charge on any atom is -0.380 e. The van der Waals surface area contributed by atoms with Crippen molar-refractivity contribution in [2.45, 2.75) is 30.8 Å². The standard InChI is InChI=1S/C17H22N4O4S/c1-12-8-15(21(2)19-12)10-18-17(22)13-4-3-5-16(9-13)26(23,24)20-14-6-7-25-11-14/h3-5,8-9,14,20H,6-7,10-11H2,1-2H3,(H,18,22)/t14-/m0/s1. The molecule has 1 amide bonds. The average molecular weight is 378 g/mol. The summed E-state index contributed by atoms with van der Waals surface area (Å²) in [4.78, 5) is 12.4. The molecule has 2 aromatic rings. The zero-order valence-corrected chi connectivity index (χ0v) is 15.5. The van der Waals surface area contributed by atoms with Crippen molar-refractivity contribution in [2.24, 2.45) is 7.05 Å². The first-order valence-electron chi connectivity index (χ1n) is 8.33. The molecule has 1 saturated heterocycles. The van der Waals surface area contributed by atoms with Crippen molar-refractivity contribution in [3.63, 3.8) is 0 Å². The second-order valence-corrected chi connectivity index (χ2v) is 8.01. The number of benzene rings is 1. The maximum absolute atomic E-state index is 12.5. The number of amides is 1. The summed E-state index contributed by atoms with van der Waals surface area (Å²) in [6, 6.07) is 7.64. The second kappa shape index (κ2) is 7.56. The van der Waals surface area contributed by atoms with Crippen LogP contribution in [0, 0.1) is 6.92 Å². The van der Waals surface area contributed by atoms with Gasteiger partial charge >= 0.3 is 0 Å². The van der Waals surface area contributed by atoms with Crippen LogP contribution in [0.15, 0.2) is 35.2 Å². The number of carbonyl (C=O) groups excluding carboxylic acids is 1. The summed E-state index contributed by atoms with van der Waals surface area (Å²) in [5.41, 5.74) is 2.02. The molecule has 2 heterocycles. The van der Waals surface area contributed by atoms with Crippen LogP contribution in [0.2, 0.25) is 0 Å². The summed E-state index contributed by atoms with van der Waals surface area (Å²) in [5, 5.41) is 7.01. The van der Waals surface area contributed by atoms with Crippen LogP contribution < -0.4 is 10.0 Å². The lowest BCUT2D eigenvalue weighted by Gasteiger charge is -2.12. The Labute approximate surface area is 152 Å². The summed E-state index contributed by atoms with van der Waals surface area (Å²) in [6.45, 7) is 3.10. The van der Waals surface area contributed by atoms with Crippen molar-refractivity contribution in [2.75, 3.05) is 13.2 Å². The molecule has 1 aliphatic rings. The van der Waals surface area contributed by atoms with Crippen LogP contribution in [0.5, 0.6) is 0 Å². The Morgan fingerprint density at radius 1 is 1.38 bits per heavy atom. The highest BCUT2D eigenvalue weighted by molar-refractivity contribution is 7.89. The highest BCUT2D eigenvalue weighted by Crippen LogP contribution is 2.14. The minimum atomic E-state index is -3.69.